The number of ketones is 1. The minimum absolute atomic E-state index is 0.177. The quantitative estimate of drug-likeness (QED) is 0.519. The molecule has 2 aromatic carbocycles. The van der Waals surface area contributed by atoms with Gasteiger partial charge in [-0.15, -0.1) is 0 Å². The maximum atomic E-state index is 12.9. The first-order valence-electron chi connectivity index (χ1n) is 9.00. The van der Waals surface area contributed by atoms with Crippen molar-refractivity contribution in [2.45, 2.75) is 37.5 Å². The van der Waals surface area contributed by atoms with Gasteiger partial charge in [0.1, 0.15) is 17.4 Å². The van der Waals surface area contributed by atoms with Crippen LogP contribution in [0.4, 0.5) is 0 Å². The van der Waals surface area contributed by atoms with E-state index >= 15 is 0 Å². The Morgan fingerprint density at radius 2 is 1.89 bits per heavy atom. The number of benzene rings is 2. The van der Waals surface area contributed by atoms with Crippen molar-refractivity contribution in [3.8, 4) is 5.75 Å². The highest BCUT2D eigenvalue weighted by Crippen LogP contribution is 2.29. The molecule has 3 rings (SSSR count). The van der Waals surface area contributed by atoms with Crippen LogP contribution in [-0.2, 0) is 14.3 Å². The molecule has 4 nitrogen and oxygen atoms in total. The zero-order valence-corrected chi connectivity index (χ0v) is 16.8. The second-order valence-electron chi connectivity index (χ2n) is 6.86. The van der Waals surface area contributed by atoms with Crippen LogP contribution in [0, 0.1) is 0 Å². The highest BCUT2D eigenvalue weighted by Gasteiger charge is 2.33. The van der Waals surface area contributed by atoms with E-state index in [1.807, 2.05) is 49.6 Å². The van der Waals surface area contributed by atoms with E-state index in [-0.39, 0.29) is 17.5 Å². The molecule has 1 aliphatic heterocycles. The molecule has 0 fully saturated rings. The molecular weight excluding hydrogens is 360 g/mol. The van der Waals surface area contributed by atoms with Crippen molar-refractivity contribution >= 4 is 34.3 Å². The predicted molar refractivity (Wildman–Crippen MR) is 109 cm³/mol. The standard InChI is InChI=1S/C22H24O4S/c1-13(27-4)9-19-12-20(22(24)26-19)21(23)14(2)15-5-6-17-11-18(25-3)8-7-16(17)10-15/h5-8,10-14,19H,9H2,1-4H3. The normalized spacial score (nSPS) is 18.7. The lowest BCUT2D eigenvalue weighted by Crippen LogP contribution is -2.17. The summed E-state index contributed by atoms with van der Waals surface area (Å²) in [4.78, 5) is 25.1. The summed E-state index contributed by atoms with van der Waals surface area (Å²) in [6, 6.07) is 11.7. The number of rotatable bonds is 7. The SMILES string of the molecule is COc1ccc2cc(C(C)C(=O)C3=CC(CC(C)SC)OC3=O)ccc2c1. The van der Waals surface area contributed by atoms with Crippen LogP contribution in [0.25, 0.3) is 10.8 Å². The van der Waals surface area contributed by atoms with Crippen molar-refractivity contribution in [3.63, 3.8) is 0 Å². The maximum Gasteiger partial charge on any atom is 0.342 e. The summed E-state index contributed by atoms with van der Waals surface area (Å²) >= 11 is 1.71. The summed E-state index contributed by atoms with van der Waals surface area (Å²) in [5, 5.41) is 2.44. The Hall–Kier alpha value is -2.27. The van der Waals surface area contributed by atoms with E-state index in [2.05, 4.69) is 6.92 Å². The van der Waals surface area contributed by atoms with Gasteiger partial charge < -0.3 is 9.47 Å². The van der Waals surface area contributed by atoms with Gasteiger partial charge in [-0.25, -0.2) is 4.79 Å². The first-order chi connectivity index (χ1) is 12.9. The lowest BCUT2D eigenvalue weighted by molar-refractivity contribution is -0.140. The minimum Gasteiger partial charge on any atom is -0.497 e. The monoisotopic (exact) mass is 384 g/mol. The fourth-order valence-electron chi connectivity index (χ4n) is 3.23. The van der Waals surface area contributed by atoms with E-state index in [1.54, 1.807) is 24.9 Å². The summed E-state index contributed by atoms with van der Waals surface area (Å²) in [5.74, 6) is -0.307. The topological polar surface area (TPSA) is 52.6 Å². The lowest BCUT2D eigenvalue weighted by Gasteiger charge is -2.12. The van der Waals surface area contributed by atoms with E-state index in [0.717, 1.165) is 28.5 Å². The number of hydrogen-bond acceptors (Lipinski definition) is 5. The Morgan fingerprint density at radius 1 is 1.19 bits per heavy atom. The van der Waals surface area contributed by atoms with Crippen molar-refractivity contribution in [1.29, 1.82) is 0 Å². The summed E-state index contributed by atoms with van der Waals surface area (Å²) in [6.07, 6.45) is 4.12. The van der Waals surface area contributed by atoms with Gasteiger partial charge in [-0.3, -0.25) is 4.79 Å². The first kappa shape index (κ1) is 19.5. The Bertz CT molecular complexity index is 902. The number of hydrogen-bond donors (Lipinski definition) is 0. The van der Waals surface area contributed by atoms with Crippen molar-refractivity contribution in [2.24, 2.45) is 0 Å². The van der Waals surface area contributed by atoms with Gasteiger partial charge >= 0.3 is 5.97 Å². The maximum absolute atomic E-state index is 12.9. The molecule has 0 N–H and O–H groups in total. The first-order valence-corrected chi connectivity index (χ1v) is 10.3. The van der Waals surface area contributed by atoms with Crippen molar-refractivity contribution in [3.05, 3.63) is 53.6 Å². The molecule has 3 unspecified atom stereocenters. The number of carbonyl (C=O) groups excluding carboxylic acids is 2. The van der Waals surface area contributed by atoms with E-state index < -0.39 is 11.9 Å². The van der Waals surface area contributed by atoms with Gasteiger partial charge in [-0.1, -0.05) is 38.1 Å². The number of esters is 1. The lowest BCUT2D eigenvalue weighted by atomic mass is 9.90. The number of cyclic esters (lactones) is 1. The smallest absolute Gasteiger partial charge is 0.342 e. The zero-order chi connectivity index (χ0) is 19.6. The van der Waals surface area contributed by atoms with E-state index in [0.29, 0.717) is 5.25 Å². The largest absolute Gasteiger partial charge is 0.497 e. The number of methoxy groups -OCH3 is 1. The molecule has 3 atom stereocenters. The summed E-state index contributed by atoms with van der Waals surface area (Å²) < 4.78 is 10.6. The highest BCUT2D eigenvalue weighted by atomic mass is 32.2. The van der Waals surface area contributed by atoms with Gasteiger partial charge in [0.05, 0.1) is 7.11 Å². The zero-order valence-electron chi connectivity index (χ0n) is 16.0. The Kier molecular flexibility index (Phi) is 5.90. The van der Waals surface area contributed by atoms with Gasteiger partial charge in [-0.05, 0) is 47.2 Å². The molecule has 2 aromatic rings. The van der Waals surface area contributed by atoms with Crippen LogP contribution in [0.1, 0.15) is 31.7 Å². The number of ether oxygens (including phenoxy) is 2. The summed E-state index contributed by atoms with van der Waals surface area (Å²) in [6.45, 7) is 3.91. The van der Waals surface area contributed by atoms with Gasteiger partial charge in [0.2, 0.25) is 0 Å². The van der Waals surface area contributed by atoms with E-state index in [9.17, 15) is 9.59 Å². The molecule has 1 heterocycles. The molecule has 0 aliphatic carbocycles. The number of Topliss-reactive ketones (excluding diaryl/α,β-unsaturated/α-hetero) is 1. The second kappa shape index (κ2) is 8.17. The molecule has 1 aliphatic rings. The third-order valence-corrected chi connectivity index (χ3v) is 6.02. The summed E-state index contributed by atoms with van der Waals surface area (Å²) in [7, 11) is 1.64. The molecular formula is C22H24O4S. The van der Waals surface area contributed by atoms with Crippen molar-refractivity contribution in [2.75, 3.05) is 13.4 Å². The molecule has 27 heavy (non-hydrogen) atoms. The molecule has 0 bridgehead atoms. The Balaban J connectivity index is 1.81. The molecule has 0 spiro atoms. The average molecular weight is 384 g/mol. The van der Waals surface area contributed by atoms with E-state index in [1.165, 1.54) is 0 Å². The second-order valence-corrected chi connectivity index (χ2v) is 8.14. The molecule has 0 radical (unpaired) electrons. The molecule has 0 amide bonds. The van der Waals surface area contributed by atoms with Crippen LogP contribution in [0.15, 0.2) is 48.0 Å². The number of carbonyl (C=O) groups is 2. The van der Waals surface area contributed by atoms with Gasteiger partial charge in [-0.2, -0.15) is 11.8 Å². The fraction of sp³-hybridized carbons (Fsp3) is 0.364. The average Bonchev–Trinajstić information content (AvgIpc) is 3.05. The molecule has 0 saturated carbocycles. The summed E-state index contributed by atoms with van der Waals surface area (Å²) in [5.41, 5.74) is 1.06. The highest BCUT2D eigenvalue weighted by molar-refractivity contribution is 7.99. The van der Waals surface area contributed by atoms with Gasteiger partial charge in [0, 0.05) is 11.2 Å². The third-order valence-electron chi connectivity index (χ3n) is 5.03. The van der Waals surface area contributed by atoms with Gasteiger partial charge in [0.15, 0.2) is 5.78 Å². The van der Waals surface area contributed by atoms with Crippen LogP contribution in [-0.4, -0.2) is 36.5 Å². The van der Waals surface area contributed by atoms with Crippen LogP contribution in [0.2, 0.25) is 0 Å². The van der Waals surface area contributed by atoms with Crippen LogP contribution >= 0.6 is 11.8 Å². The molecule has 5 heteroatoms. The third kappa shape index (κ3) is 4.19. The van der Waals surface area contributed by atoms with Gasteiger partial charge in [0.25, 0.3) is 0 Å². The van der Waals surface area contributed by atoms with Crippen LogP contribution in [0.5, 0.6) is 5.75 Å². The van der Waals surface area contributed by atoms with Crippen molar-refractivity contribution in [1.82, 2.24) is 0 Å². The van der Waals surface area contributed by atoms with Crippen LogP contribution in [0.3, 0.4) is 0 Å². The fourth-order valence-corrected chi connectivity index (χ4v) is 3.62. The Labute approximate surface area is 163 Å². The Morgan fingerprint density at radius 3 is 2.59 bits per heavy atom. The number of fused-ring (bicyclic) bond motifs is 1. The van der Waals surface area contributed by atoms with E-state index in [4.69, 9.17) is 9.47 Å². The molecule has 142 valence electrons. The van der Waals surface area contributed by atoms with Crippen molar-refractivity contribution < 1.29 is 19.1 Å². The minimum atomic E-state index is -0.504. The predicted octanol–water partition coefficient (Wildman–Crippen LogP) is 4.51. The molecule has 0 saturated heterocycles. The number of thioether (sulfide) groups is 1. The van der Waals surface area contributed by atoms with Crippen LogP contribution < -0.4 is 4.74 Å². The molecule has 0 aromatic heterocycles.